The number of nitrogen functional groups attached to an aromatic ring is 1. The van der Waals surface area contributed by atoms with Gasteiger partial charge in [0.1, 0.15) is 35.7 Å². The Bertz CT molecular complexity index is 2100. The molecule has 5 aliphatic rings. The Hall–Kier alpha value is -3.97. The molecule has 0 radical (unpaired) electrons. The van der Waals surface area contributed by atoms with E-state index in [2.05, 4.69) is 26.3 Å². The van der Waals surface area contributed by atoms with Gasteiger partial charge in [-0.25, -0.2) is 23.1 Å². The van der Waals surface area contributed by atoms with Crippen LogP contribution in [0.2, 0.25) is 0 Å². The standard InChI is InChI=1S/C34H35F3N8O3S/c35-18-8-34(6-1-7-44(34)11-18)16-48-31-22(9-38)28(43-12-19-2-3-20(13-43)40-19)24-27(41-31)25(37)29(45(32(24)46)10-17-14-47-15-17)21-4-5-23(36)30-26(21)42-33(39)49-30/h4-5,17-20,40H,1-3,6-8,10-16H2,(H2,39,42)/t18-,19?,20?,34+/m1/s1. The van der Waals surface area contributed by atoms with Gasteiger partial charge in [0.25, 0.3) is 5.56 Å². The van der Waals surface area contributed by atoms with Crippen molar-refractivity contribution in [2.24, 2.45) is 5.92 Å². The first-order valence-corrected chi connectivity index (χ1v) is 17.7. The summed E-state index contributed by atoms with van der Waals surface area (Å²) in [5.74, 6) is -1.51. The fourth-order valence-electron chi connectivity index (χ4n) is 8.80. The first kappa shape index (κ1) is 31.0. The number of anilines is 2. The quantitative estimate of drug-likeness (QED) is 0.293. The van der Waals surface area contributed by atoms with E-state index in [4.69, 9.17) is 15.2 Å². The second-order valence-corrected chi connectivity index (χ2v) is 15.2. The molecule has 4 atom stereocenters. The largest absolute Gasteiger partial charge is 0.475 e. The van der Waals surface area contributed by atoms with Gasteiger partial charge in [-0.15, -0.1) is 0 Å². The molecule has 0 saturated carbocycles. The van der Waals surface area contributed by atoms with E-state index in [1.807, 2.05) is 4.90 Å². The molecule has 15 heteroatoms. The Morgan fingerprint density at radius 2 is 1.96 bits per heavy atom. The van der Waals surface area contributed by atoms with E-state index in [1.165, 1.54) is 16.7 Å². The van der Waals surface area contributed by atoms with E-state index in [1.54, 1.807) is 0 Å². The molecule has 11 nitrogen and oxygen atoms in total. The Morgan fingerprint density at radius 3 is 2.69 bits per heavy atom. The molecule has 9 rings (SSSR count). The van der Waals surface area contributed by atoms with Crippen LogP contribution in [-0.2, 0) is 11.3 Å². The first-order chi connectivity index (χ1) is 23.7. The minimum Gasteiger partial charge on any atom is -0.475 e. The van der Waals surface area contributed by atoms with Gasteiger partial charge < -0.3 is 30.0 Å². The Morgan fingerprint density at radius 1 is 1.16 bits per heavy atom. The predicted octanol–water partition coefficient (Wildman–Crippen LogP) is 3.95. The Labute approximate surface area is 283 Å². The Balaban J connectivity index is 1.29. The highest BCUT2D eigenvalue weighted by atomic mass is 32.1. The second-order valence-electron chi connectivity index (χ2n) is 14.2. The van der Waals surface area contributed by atoms with Crippen LogP contribution in [0.5, 0.6) is 5.88 Å². The number of halogens is 3. The monoisotopic (exact) mass is 692 g/mol. The third kappa shape index (κ3) is 4.90. The van der Waals surface area contributed by atoms with Crippen molar-refractivity contribution in [1.29, 1.82) is 5.26 Å². The number of hydrogen-bond acceptors (Lipinski definition) is 11. The van der Waals surface area contributed by atoms with Crippen LogP contribution in [0.25, 0.3) is 32.4 Å². The minimum absolute atomic E-state index is 0.00631. The van der Waals surface area contributed by atoms with Gasteiger partial charge in [0.2, 0.25) is 5.88 Å². The van der Waals surface area contributed by atoms with Crippen LogP contribution in [0.15, 0.2) is 16.9 Å². The van der Waals surface area contributed by atoms with Gasteiger partial charge in [0.05, 0.1) is 45.7 Å². The number of rotatable bonds is 7. The van der Waals surface area contributed by atoms with Gasteiger partial charge in [0.15, 0.2) is 10.9 Å². The van der Waals surface area contributed by atoms with Gasteiger partial charge in [-0.1, -0.05) is 11.3 Å². The number of nitrogens with two attached hydrogens (primary N) is 1. The van der Waals surface area contributed by atoms with Crippen LogP contribution in [0, 0.1) is 28.9 Å². The average molecular weight is 693 g/mol. The van der Waals surface area contributed by atoms with Crippen molar-refractivity contribution in [3.63, 3.8) is 0 Å². The van der Waals surface area contributed by atoms with Crippen LogP contribution < -0.4 is 26.2 Å². The van der Waals surface area contributed by atoms with Gasteiger partial charge >= 0.3 is 0 Å². The highest BCUT2D eigenvalue weighted by molar-refractivity contribution is 7.22. The number of alkyl halides is 1. The molecule has 5 saturated heterocycles. The number of nitrogens with zero attached hydrogens (tertiary/aromatic N) is 6. The zero-order valence-electron chi connectivity index (χ0n) is 26.7. The third-order valence-electron chi connectivity index (χ3n) is 11.1. The Kier molecular flexibility index (Phi) is 7.31. The molecule has 4 aromatic rings. The number of nitriles is 1. The van der Waals surface area contributed by atoms with Crippen LogP contribution in [0.3, 0.4) is 0 Å². The number of fused-ring (bicyclic) bond motifs is 5. The molecule has 49 heavy (non-hydrogen) atoms. The number of aromatic nitrogens is 3. The summed E-state index contributed by atoms with van der Waals surface area (Å²) in [7, 11) is 0. The van der Waals surface area contributed by atoms with E-state index < -0.39 is 28.9 Å². The molecule has 1 aromatic carbocycles. The fraction of sp³-hybridized carbons (Fsp3) is 0.529. The molecule has 3 aromatic heterocycles. The number of benzene rings is 1. The molecule has 2 unspecified atom stereocenters. The van der Waals surface area contributed by atoms with E-state index >= 15 is 4.39 Å². The summed E-state index contributed by atoms with van der Waals surface area (Å²) in [6.45, 7) is 3.12. The summed E-state index contributed by atoms with van der Waals surface area (Å²) >= 11 is 0.944. The number of piperazine rings is 1. The van der Waals surface area contributed by atoms with Crippen molar-refractivity contribution in [1.82, 2.24) is 24.8 Å². The third-order valence-corrected chi connectivity index (χ3v) is 12.0. The predicted molar refractivity (Wildman–Crippen MR) is 179 cm³/mol. The van der Waals surface area contributed by atoms with Crippen molar-refractivity contribution in [2.45, 2.75) is 62.4 Å². The van der Waals surface area contributed by atoms with Crippen molar-refractivity contribution in [3.05, 3.63) is 39.7 Å². The van der Waals surface area contributed by atoms with Crippen molar-refractivity contribution in [3.8, 4) is 23.2 Å². The lowest BCUT2D eigenvalue weighted by atomic mass is 9.95. The van der Waals surface area contributed by atoms with E-state index in [0.717, 1.165) is 43.6 Å². The van der Waals surface area contributed by atoms with Gasteiger partial charge in [-0.05, 0) is 44.4 Å². The molecule has 0 spiro atoms. The SMILES string of the molecule is N#Cc1c(OC[C@@]23CCCN2C[C@H](F)C3)nc2c(F)c(-c3ccc(F)c4sc(N)nc34)n(CC3COC3)c(=O)c2c1N1CC2CCC(C1)N2. The number of ether oxygens (including phenoxy) is 2. The maximum Gasteiger partial charge on any atom is 0.262 e. The summed E-state index contributed by atoms with van der Waals surface area (Å²) < 4.78 is 60.4. The molecular formula is C34H35F3N8O3S. The maximum atomic E-state index is 17.5. The lowest BCUT2D eigenvalue weighted by Gasteiger charge is -2.36. The van der Waals surface area contributed by atoms with Gasteiger partial charge in [-0.3, -0.25) is 9.69 Å². The highest BCUT2D eigenvalue weighted by Crippen LogP contribution is 2.44. The number of thiazole rings is 1. The van der Waals surface area contributed by atoms with E-state index in [-0.39, 0.29) is 80.1 Å². The van der Waals surface area contributed by atoms with Crippen molar-refractivity contribution < 1.29 is 22.6 Å². The lowest BCUT2D eigenvalue weighted by molar-refractivity contribution is -0.0396. The minimum atomic E-state index is -0.984. The van der Waals surface area contributed by atoms with Gasteiger partial charge in [-0.2, -0.15) is 5.26 Å². The van der Waals surface area contributed by atoms with Crippen LogP contribution in [0.4, 0.5) is 24.0 Å². The van der Waals surface area contributed by atoms with Crippen molar-refractivity contribution >= 4 is 43.3 Å². The zero-order valence-corrected chi connectivity index (χ0v) is 27.5. The van der Waals surface area contributed by atoms with Crippen molar-refractivity contribution in [2.75, 3.05) is 56.6 Å². The zero-order chi connectivity index (χ0) is 33.6. The second kappa shape index (κ2) is 11.5. The number of nitrogens with one attached hydrogen (secondary N) is 1. The summed E-state index contributed by atoms with van der Waals surface area (Å²) in [6, 6.07) is 5.17. The molecule has 5 fully saturated rings. The molecule has 5 aliphatic heterocycles. The average Bonchev–Trinajstić information content (AvgIpc) is 3.81. The summed E-state index contributed by atoms with van der Waals surface area (Å²) in [5, 5.41) is 14.4. The first-order valence-electron chi connectivity index (χ1n) is 16.9. The number of hydrogen-bond donors (Lipinski definition) is 2. The number of pyridine rings is 2. The van der Waals surface area contributed by atoms with Crippen LogP contribution >= 0.6 is 11.3 Å². The van der Waals surface area contributed by atoms with Crippen LogP contribution in [0.1, 0.15) is 37.7 Å². The lowest BCUT2D eigenvalue weighted by Crippen LogP contribution is -2.51. The highest BCUT2D eigenvalue weighted by Gasteiger charge is 2.49. The normalized spacial score (nSPS) is 26.8. The summed E-state index contributed by atoms with van der Waals surface area (Å²) in [6.07, 6.45) is 2.85. The molecule has 8 heterocycles. The molecule has 256 valence electrons. The van der Waals surface area contributed by atoms with Gasteiger partial charge in [0, 0.05) is 56.2 Å². The summed E-state index contributed by atoms with van der Waals surface area (Å²) in [5.41, 5.74) is 5.30. The smallest absolute Gasteiger partial charge is 0.262 e. The fourth-order valence-corrected chi connectivity index (χ4v) is 9.57. The molecule has 2 bridgehead atoms. The van der Waals surface area contributed by atoms with Crippen LogP contribution in [-0.4, -0.2) is 89.2 Å². The maximum absolute atomic E-state index is 17.5. The molecule has 3 N–H and O–H groups in total. The molecule has 0 amide bonds. The van der Waals surface area contributed by atoms with E-state index in [9.17, 15) is 18.8 Å². The van der Waals surface area contributed by atoms with E-state index in [0.29, 0.717) is 45.0 Å². The topological polar surface area (TPSA) is 135 Å². The molecular weight excluding hydrogens is 657 g/mol. The summed E-state index contributed by atoms with van der Waals surface area (Å²) in [4.78, 5) is 27.9. The molecule has 0 aliphatic carbocycles.